The van der Waals surface area contributed by atoms with Crippen LogP contribution in [0.15, 0.2) is 29.2 Å². The summed E-state index contributed by atoms with van der Waals surface area (Å²) in [6.45, 7) is 2.13. The van der Waals surface area contributed by atoms with E-state index in [1.165, 1.54) is 23.9 Å². The van der Waals surface area contributed by atoms with E-state index < -0.39 is 0 Å². The van der Waals surface area contributed by atoms with E-state index in [9.17, 15) is 9.18 Å². The molecule has 1 N–H and O–H groups in total. The molecule has 0 radical (unpaired) electrons. The number of benzene rings is 1. The quantitative estimate of drug-likeness (QED) is 0.625. The zero-order valence-corrected chi connectivity index (χ0v) is 10.7. The standard InChI is InChI=1S/C12H16FNO2S/c1-3-16-12(15)11(14-2)8-17-10-6-4-5-9(13)7-10/h4-7,11,14H,3,8H2,1-2H3. The first-order valence-corrected chi connectivity index (χ1v) is 6.38. The Morgan fingerprint density at radius 1 is 1.59 bits per heavy atom. The molecule has 0 saturated heterocycles. The first kappa shape index (κ1) is 14.0. The second kappa shape index (κ2) is 7.29. The summed E-state index contributed by atoms with van der Waals surface area (Å²) >= 11 is 1.42. The van der Waals surface area contributed by atoms with Gasteiger partial charge in [0.2, 0.25) is 0 Å². The van der Waals surface area contributed by atoms with Crippen LogP contribution in [0, 0.1) is 5.82 Å². The zero-order valence-electron chi connectivity index (χ0n) is 9.90. The fourth-order valence-electron chi connectivity index (χ4n) is 1.25. The highest BCUT2D eigenvalue weighted by molar-refractivity contribution is 7.99. The Morgan fingerprint density at radius 2 is 2.35 bits per heavy atom. The van der Waals surface area contributed by atoms with Crippen molar-refractivity contribution >= 4 is 17.7 Å². The molecule has 0 saturated carbocycles. The minimum absolute atomic E-state index is 0.271. The molecule has 1 rings (SSSR count). The molecule has 0 heterocycles. The van der Waals surface area contributed by atoms with Crippen molar-refractivity contribution in [2.24, 2.45) is 0 Å². The maximum absolute atomic E-state index is 12.9. The largest absolute Gasteiger partial charge is 0.465 e. The third-order valence-corrected chi connectivity index (χ3v) is 3.22. The Hall–Kier alpha value is -1.07. The van der Waals surface area contributed by atoms with Crippen LogP contribution in [-0.4, -0.2) is 31.4 Å². The highest BCUT2D eigenvalue weighted by Gasteiger charge is 2.17. The molecule has 0 amide bonds. The second-order valence-corrected chi connectivity index (χ2v) is 4.46. The predicted molar refractivity (Wildman–Crippen MR) is 66.6 cm³/mol. The summed E-state index contributed by atoms with van der Waals surface area (Å²) in [6, 6.07) is 5.93. The molecule has 0 aliphatic heterocycles. The van der Waals surface area contributed by atoms with E-state index >= 15 is 0 Å². The average molecular weight is 257 g/mol. The first-order chi connectivity index (χ1) is 8.17. The van der Waals surface area contributed by atoms with Gasteiger partial charge in [-0.3, -0.25) is 4.79 Å². The van der Waals surface area contributed by atoms with Gasteiger partial charge in [-0.2, -0.15) is 0 Å². The average Bonchev–Trinajstić information content (AvgIpc) is 2.30. The van der Waals surface area contributed by atoms with Crippen LogP contribution in [0.25, 0.3) is 0 Å². The van der Waals surface area contributed by atoms with E-state index in [-0.39, 0.29) is 17.8 Å². The van der Waals surface area contributed by atoms with Crippen molar-refractivity contribution in [1.82, 2.24) is 5.32 Å². The molecule has 0 bridgehead atoms. The maximum atomic E-state index is 12.9. The van der Waals surface area contributed by atoms with Crippen molar-refractivity contribution in [2.75, 3.05) is 19.4 Å². The summed E-state index contributed by atoms with van der Waals surface area (Å²) in [5, 5.41) is 2.88. The fourth-order valence-corrected chi connectivity index (χ4v) is 2.28. The monoisotopic (exact) mass is 257 g/mol. The van der Waals surface area contributed by atoms with Gasteiger partial charge in [0, 0.05) is 10.6 Å². The molecular weight excluding hydrogens is 241 g/mol. The van der Waals surface area contributed by atoms with Crippen molar-refractivity contribution in [1.29, 1.82) is 0 Å². The van der Waals surface area contributed by atoms with Crippen LogP contribution in [0.5, 0.6) is 0 Å². The Labute approximate surface area is 105 Å². The van der Waals surface area contributed by atoms with Crippen LogP contribution in [-0.2, 0) is 9.53 Å². The van der Waals surface area contributed by atoms with Crippen LogP contribution in [0.3, 0.4) is 0 Å². The molecule has 3 nitrogen and oxygen atoms in total. The Bertz CT molecular complexity index is 373. The fraction of sp³-hybridized carbons (Fsp3) is 0.417. The normalized spacial score (nSPS) is 12.2. The van der Waals surface area contributed by atoms with Gasteiger partial charge in [-0.15, -0.1) is 11.8 Å². The minimum atomic E-state index is -0.372. The molecule has 0 fully saturated rings. The molecule has 1 atom stereocenters. The number of esters is 1. The first-order valence-electron chi connectivity index (χ1n) is 5.39. The maximum Gasteiger partial charge on any atom is 0.323 e. The lowest BCUT2D eigenvalue weighted by atomic mass is 10.3. The zero-order chi connectivity index (χ0) is 12.7. The van der Waals surface area contributed by atoms with Crippen LogP contribution in [0.1, 0.15) is 6.92 Å². The smallest absolute Gasteiger partial charge is 0.323 e. The van der Waals surface area contributed by atoms with E-state index in [2.05, 4.69) is 5.32 Å². The van der Waals surface area contributed by atoms with E-state index in [0.717, 1.165) is 4.90 Å². The third kappa shape index (κ3) is 4.75. The molecule has 1 unspecified atom stereocenters. The Morgan fingerprint density at radius 3 is 2.94 bits per heavy atom. The van der Waals surface area contributed by atoms with Crippen molar-refractivity contribution in [3.8, 4) is 0 Å². The summed E-state index contributed by atoms with van der Waals surface area (Å²) in [5.41, 5.74) is 0. The number of hydrogen-bond donors (Lipinski definition) is 1. The van der Waals surface area contributed by atoms with Gasteiger partial charge in [-0.1, -0.05) is 6.07 Å². The van der Waals surface area contributed by atoms with Gasteiger partial charge < -0.3 is 10.1 Å². The highest BCUT2D eigenvalue weighted by atomic mass is 32.2. The number of halogens is 1. The highest BCUT2D eigenvalue weighted by Crippen LogP contribution is 2.19. The number of nitrogens with one attached hydrogen (secondary N) is 1. The van der Waals surface area contributed by atoms with Gasteiger partial charge in [0.25, 0.3) is 0 Å². The molecule has 0 aliphatic carbocycles. The summed E-state index contributed by atoms with van der Waals surface area (Å²) < 4.78 is 17.9. The number of rotatable bonds is 6. The second-order valence-electron chi connectivity index (χ2n) is 3.36. The van der Waals surface area contributed by atoms with Crippen molar-refractivity contribution in [3.63, 3.8) is 0 Å². The van der Waals surface area contributed by atoms with Crippen molar-refractivity contribution in [2.45, 2.75) is 17.9 Å². The topological polar surface area (TPSA) is 38.3 Å². The number of carbonyl (C=O) groups is 1. The molecule has 5 heteroatoms. The summed E-state index contributed by atoms with van der Waals surface area (Å²) in [5.74, 6) is -0.0373. The van der Waals surface area contributed by atoms with Gasteiger partial charge in [0.15, 0.2) is 0 Å². The number of ether oxygens (including phenoxy) is 1. The van der Waals surface area contributed by atoms with E-state index in [1.807, 2.05) is 6.07 Å². The van der Waals surface area contributed by atoms with E-state index in [0.29, 0.717) is 12.4 Å². The molecule has 0 aromatic heterocycles. The van der Waals surface area contributed by atoms with Crippen LogP contribution >= 0.6 is 11.8 Å². The van der Waals surface area contributed by atoms with Gasteiger partial charge in [0.1, 0.15) is 11.9 Å². The van der Waals surface area contributed by atoms with Gasteiger partial charge in [0.05, 0.1) is 6.61 Å². The third-order valence-electron chi connectivity index (χ3n) is 2.13. The van der Waals surface area contributed by atoms with Crippen LogP contribution < -0.4 is 5.32 Å². The Balaban J connectivity index is 2.50. The number of likely N-dealkylation sites (N-methyl/N-ethyl adjacent to an activating group) is 1. The van der Waals surface area contributed by atoms with E-state index in [1.54, 1.807) is 20.0 Å². The van der Waals surface area contributed by atoms with Gasteiger partial charge >= 0.3 is 5.97 Å². The molecular formula is C12H16FNO2S. The number of hydrogen-bond acceptors (Lipinski definition) is 4. The summed E-state index contributed by atoms with van der Waals surface area (Å²) in [7, 11) is 1.70. The van der Waals surface area contributed by atoms with Crippen LogP contribution in [0.2, 0.25) is 0 Å². The van der Waals surface area contributed by atoms with Crippen LogP contribution in [0.4, 0.5) is 4.39 Å². The van der Waals surface area contributed by atoms with E-state index in [4.69, 9.17) is 4.74 Å². The predicted octanol–water partition coefficient (Wildman–Crippen LogP) is 2.07. The minimum Gasteiger partial charge on any atom is -0.465 e. The Kier molecular flexibility index (Phi) is 6.00. The SMILES string of the molecule is CCOC(=O)C(CSc1cccc(F)c1)NC. The van der Waals surface area contributed by atoms with Crippen molar-refractivity contribution in [3.05, 3.63) is 30.1 Å². The molecule has 17 heavy (non-hydrogen) atoms. The number of carbonyl (C=O) groups excluding carboxylic acids is 1. The summed E-state index contributed by atoms with van der Waals surface area (Å²) in [6.07, 6.45) is 0. The van der Waals surface area contributed by atoms with Gasteiger partial charge in [-0.05, 0) is 32.2 Å². The molecule has 1 aromatic carbocycles. The molecule has 94 valence electrons. The van der Waals surface area contributed by atoms with Gasteiger partial charge in [-0.25, -0.2) is 4.39 Å². The molecule has 0 spiro atoms. The van der Waals surface area contributed by atoms with Crippen molar-refractivity contribution < 1.29 is 13.9 Å². The lowest BCUT2D eigenvalue weighted by molar-refractivity contribution is -0.144. The molecule has 1 aromatic rings. The summed E-state index contributed by atoms with van der Waals surface area (Å²) in [4.78, 5) is 12.3. The molecule has 0 aliphatic rings. The lowest BCUT2D eigenvalue weighted by Gasteiger charge is -2.14. The lowest BCUT2D eigenvalue weighted by Crippen LogP contribution is -2.37. The number of thioether (sulfide) groups is 1.